The third-order valence-corrected chi connectivity index (χ3v) is 2.86. The van der Waals surface area contributed by atoms with Gasteiger partial charge in [-0.2, -0.15) is 0 Å². The number of nitrogens with zero attached hydrogens (tertiary/aromatic N) is 3. The summed E-state index contributed by atoms with van der Waals surface area (Å²) in [6, 6.07) is 0. The van der Waals surface area contributed by atoms with Gasteiger partial charge < -0.3 is 9.84 Å². The van der Waals surface area contributed by atoms with Crippen molar-refractivity contribution in [2.75, 3.05) is 7.11 Å². The lowest BCUT2D eigenvalue weighted by Crippen LogP contribution is -2.36. The average Bonchev–Trinajstić information content (AvgIpc) is 2.83. The summed E-state index contributed by atoms with van der Waals surface area (Å²) in [5, 5.41) is 16.8. The molecule has 1 fully saturated rings. The molecule has 82 valence electrons. The fourth-order valence-corrected chi connectivity index (χ4v) is 1.93. The van der Waals surface area contributed by atoms with Gasteiger partial charge >= 0.3 is 5.97 Å². The molecule has 1 saturated carbocycles. The second-order valence-corrected chi connectivity index (χ2v) is 3.89. The first-order chi connectivity index (χ1) is 7.10. The van der Waals surface area contributed by atoms with Gasteiger partial charge in [-0.05, 0) is 12.8 Å². The topological polar surface area (TPSA) is 77.2 Å². The maximum Gasteiger partial charge on any atom is 0.333 e. The highest BCUT2D eigenvalue weighted by Gasteiger charge is 2.56. The molecule has 1 unspecified atom stereocenters. The second kappa shape index (κ2) is 3.30. The van der Waals surface area contributed by atoms with Crippen molar-refractivity contribution in [2.45, 2.75) is 24.4 Å². The zero-order chi connectivity index (χ0) is 11.1. The lowest BCUT2D eigenvalue weighted by atomic mass is 9.95. The van der Waals surface area contributed by atoms with Gasteiger partial charge in [-0.15, -0.1) is 5.10 Å². The van der Waals surface area contributed by atoms with Crippen molar-refractivity contribution in [3.05, 3.63) is 11.9 Å². The fraction of sp³-hybridized carbons (Fsp3) is 0.667. The summed E-state index contributed by atoms with van der Waals surface area (Å²) >= 11 is 0. The molecule has 15 heavy (non-hydrogen) atoms. The predicted octanol–water partition coefficient (Wildman–Crippen LogP) is -0.0537. The Bertz CT molecular complexity index is 384. The molecule has 1 aromatic rings. The Morgan fingerprint density at radius 3 is 2.73 bits per heavy atom. The van der Waals surface area contributed by atoms with Gasteiger partial charge in [0.05, 0.1) is 11.1 Å². The first kappa shape index (κ1) is 10.1. The van der Waals surface area contributed by atoms with Gasteiger partial charge in [0.2, 0.25) is 0 Å². The molecule has 6 nitrogen and oxygen atoms in total. The minimum absolute atomic E-state index is 0.463. The number of aryl methyl sites for hydroxylation is 1. The van der Waals surface area contributed by atoms with Crippen molar-refractivity contribution in [3.63, 3.8) is 0 Å². The molecule has 1 heterocycles. The van der Waals surface area contributed by atoms with Crippen molar-refractivity contribution in [1.29, 1.82) is 0 Å². The maximum atomic E-state index is 11.0. The van der Waals surface area contributed by atoms with Crippen LogP contribution in [0.25, 0.3) is 0 Å². The highest BCUT2D eigenvalue weighted by molar-refractivity contribution is 5.75. The summed E-state index contributed by atoms with van der Waals surface area (Å²) in [4.78, 5) is 11.0. The number of ether oxygens (including phenoxy) is 1. The summed E-state index contributed by atoms with van der Waals surface area (Å²) in [6.07, 6.45) is 2.50. The van der Waals surface area contributed by atoms with Gasteiger partial charge in [0, 0.05) is 20.4 Å². The normalized spacial score (nSPS) is 19.9. The highest BCUT2D eigenvalue weighted by Crippen LogP contribution is 2.51. The van der Waals surface area contributed by atoms with Crippen LogP contribution in [-0.2, 0) is 22.0 Å². The summed E-state index contributed by atoms with van der Waals surface area (Å²) in [6.45, 7) is 0. The molecule has 0 bridgehead atoms. The number of hydrogen-bond donors (Lipinski definition) is 1. The average molecular weight is 211 g/mol. The van der Waals surface area contributed by atoms with E-state index in [0.717, 1.165) is 12.8 Å². The van der Waals surface area contributed by atoms with E-state index in [2.05, 4.69) is 10.3 Å². The van der Waals surface area contributed by atoms with Crippen LogP contribution in [0.5, 0.6) is 0 Å². The van der Waals surface area contributed by atoms with Gasteiger partial charge in [0.1, 0.15) is 0 Å². The van der Waals surface area contributed by atoms with Crippen LogP contribution in [0.2, 0.25) is 0 Å². The molecule has 1 aliphatic rings. The molecule has 0 radical (unpaired) electrons. The molecule has 0 amide bonds. The number of methoxy groups -OCH3 is 1. The van der Waals surface area contributed by atoms with Crippen LogP contribution in [0.4, 0.5) is 0 Å². The summed E-state index contributed by atoms with van der Waals surface area (Å²) < 4.78 is 6.60. The minimum Gasteiger partial charge on any atom is -0.479 e. The Labute approximate surface area is 86.8 Å². The van der Waals surface area contributed by atoms with Gasteiger partial charge in [-0.1, -0.05) is 5.21 Å². The minimum atomic E-state index is -0.944. The van der Waals surface area contributed by atoms with Crippen molar-refractivity contribution in [1.82, 2.24) is 15.0 Å². The molecule has 1 aliphatic carbocycles. The zero-order valence-electron chi connectivity index (χ0n) is 8.67. The van der Waals surface area contributed by atoms with E-state index in [1.807, 2.05) is 0 Å². The van der Waals surface area contributed by atoms with Crippen LogP contribution in [0.3, 0.4) is 0 Å². The Morgan fingerprint density at radius 1 is 1.73 bits per heavy atom. The molecule has 1 atom stereocenters. The number of aromatic nitrogens is 3. The maximum absolute atomic E-state index is 11.0. The van der Waals surface area contributed by atoms with E-state index in [4.69, 9.17) is 9.84 Å². The van der Waals surface area contributed by atoms with Crippen molar-refractivity contribution in [2.24, 2.45) is 7.05 Å². The standard InChI is InChI=1S/C9H13N3O3/c1-12-5-6(10-11-12)9(3-4-9)7(15-2)8(13)14/h5,7H,3-4H2,1-2H3,(H,13,14). The van der Waals surface area contributed by atoms with Gasteiger partial charge in [0.25, 0.3) is 0 Å². The van der Waals surface area contributed by atoms with E-state index in [1.54, 1.807) is 17.9 Å². The molecule has 0 aromatic carbocycles. The molecular weight excluding hydrogens is 198 g/mol. The van der Waals surface area contributed by atoms with Crippen LogP contribution in [0.1, 0.15) is 18.5 Å². The third kappa shape index (κ3) is 1.50. The Balaban J connectivity index is 2.30. The van der Waals surface area contributed by atoms with Crippen molar-refractivity contribution < 1.29 is 14.6 Å². The van der Waals surface area contributed by atoms with Crippen LogP contribution in [0.15, 0.2) is 6.20 Å². The summed E-state index contributed by atoms with van der Waals surface area (Å²) in [5.74, 6) is -0.944. The van der Waals surface area contributed by atoms with E-state index < -0.39 is 17.5 Å². The van der Waals surface area contributed by atoms with E-state index in [1.165, 1.54) is 7.11 Å². The predicted molar refractivity (Wildman–Crippen MR) is 50.3 cm³/mol. The fourth-order valence-electron chi connectivity index (χ4n) is 1.93. The Kier molecular flexibility index (Phi) is 2.22. The number of rotatable bonds is 4. The monoisotopic (exact) mass is 211 g/mol. The molecule has 0 saturated heterocycles. The zero-order valence-corrected chi connectivity index (χ0v) is 8.67. The largest absolute Gasteiger partial charge is 0.479 e. The summed E-state index contributed by atoms with van der Waals surface area (Å²) in [5.41, 5.74) is 0.244. The van der Waals surface area contributed by atoms with Gasteiger partial charge in [-0.3, -0.25) is 4.68 Å². The molecule has 6 heteroatoms. The molecule has 1 N–H and O–H groups in total. The summed E-state index contributed by atoms with van der Waals surface area (Å²) in [7, 11) is 3.17. The van der Waals surface area contributed by atoms with Gasteiger partial charge in [-0.25, -0.2) is 4.79 Å². The van der Waals surface area contributed by atoms with Crippen molar-refractivity contribution >= 4 is 5.97 Å². The van der Waals surface area contributed by atoms with E-state index in [9.17, 15) is 4.79 Å². The van der Waals surface area contributed by atoms with E-state index in [-0.39, 0.29) is 0 Å². The number of carboxylic acid groups (broad SMARTS) is 1. The second-order valence-electron chi connectivity index (χ2n) is 3.89. The van der Waals surface area contributed by atoms with Crippen LogP contribution in [0, 0.1) is 0 Å². The smallest absolute Gasteiger partial charge is 0.333 e. The highest BCUT2D eigenvalue weighted by atomic mass is 16.5. The third-order valence-electron chi connectivity index (χ3n) is 2.86. The van der Waals surface area contributed by atoms with E-state index in [0.29, 0.717) is 5.69 Å². The SMILES string of the molecule is COC(C(=O)O)C1(c2cn(C)nn2)CC1. The lowest BCUT2D eigenvalue weighted by Gasteiger charge is -2.19. The number of carbonyl (C=O) groups is 1. The number of carboxylic acids is 1. The molecule has 2 rings (SSSR count). The Hall–Kier alpha value is -1.43. The first-order valence-corrected chi connectivity index (χ1v) is 4.72. The van der Waals surface area contributed by atoms with Crippen molar-refractivity contribution in [3.8, 4) is 0 Å². The quantitative estimate of drug-likeness (QED) is 0.755. The Morgan fingerprint density at radius 2 is 2.40 bits per heavy atom. The lowest BCUT2D eigenvalue weighted by molar-refractivity contribution is -0.150. The first-order valence-electron chi connectivity index (χ1n) is 4.72. The van der Waals surface area contributed by atoms with E-state index >= 15 is 0 Å². The number of hydrogen-bond acceptors (Lipinski definition) is 4. The van der Waals surface area contributed by atoms with Gasteiger partial charge in [0.15, 0.2) is 6.10 Å². The molecule has 0 spiro atoms. The molecule has 0 aliphatic heterocycles. The molecular formula is C9H13N3O3. The van der Waals surface area contributed by atoms with Crippen LogP contribution >= 0.6 is 0 Å². The van der Waals surface area contributed by atoms with Crippen LogP contribution in [-0.4, -0.2) is 39.3 Å². The van der Waals surface area contributed by atoms with Crippen LogP contribution < -0.4 is 0 Å². The molecule has 1 aromatic heterocycles. The number of aliphatic carboxylic acids is 1.